The summed E-state index contributed by atoms with van der Waals surface area (Å²) in [6.07, 6.45) is 0.519. The Kier molecular flexibility index (Phi) is 2.12. The van der Waals surface area contributed by atoms with E-state index in [1.54, 1.807) is 0 Å². The topological polar surface area (TPSA) is 63.3 Å². The van der Waals surface area contributed by atoms with Gasteiger partial charge in [0.05, 0.1) is 0 Å². The summed E-state index contributed by atoms with van der Waals surface area (Å²) in [5, 5.41) is 8.89. The average molecular weight is 256 g/mol. The quantitative estimate of drug-likeness (QED) is 0.846. The van der Waals surface area contributed by atoms with Gasteiger partial charge in [-0.15, -0.1) is 0 Å². The van der Waals surface area contributed by atoms with Crippen LogP contribution in [0.1, 0.15) is 17.9 Å². The number of benzene rings is 1. The lowest BCUT2D eigenvalue weighted by molar-refractivity contribution is -0.139. The van der Waals surface area contributed by atoms with E-state index in [2.05, 4.69) is 15.9 Å². The maximum Gasteiger partial charge on any atom is 0.324 e. The van der Waals surface area contributed by atoms with Crippen LogP contribution in [0.4, 0.5) is 0 Å². The van der Waals surface area contributed by atoms with Gasteiger partial charge in [-0.3, -0.25) is 4.79 Å². The van der Waals surface area contributed by atoms with Crippen molar-refractivity contribution in [2.45, 2.75) is 17.9 Å². The van der Waals surface area contributed by atoms with Gasteiger partial charge in [-0.25, -0.2) is 0 Å². The van der Waals surface area contributed by atoms with E-state index in [0.717, 1.165) is 10.0 Å². The third kappa shape index (κ3) is 1.35. The molecule has 0 heterocycles. The molecule has 3 nitrogen and oxygen atoms in total. The molecule has 1 aromatic rings. The Morgan fingerprint density at radius 1 is 1.57 bits per heavy atom. The van der Waals surface area contributed by atoms with Crippen molar-refractivity contribution in [1.82, 2.24) is 0 Å². The van der Waals surface area contributed by atoms with E-state index < -0.39 is 11.5 Å². The van der Waals surface area contributed by atoms with Crippen LogP contribution in [0.25, 0.3) is 0 Å². The molecular formula is C10H10BrNO2. The molecule has 2 rings (SSSR count). The van der Waals surface area contributed by atoms with Gasteiger partial charge in [-0.05, 0) is 18.1 Å². The summed E-state index contributed by atoms with van der Waals surface area (Å²) >= 11 is 3.39. The normalized spacial score (nSPS) is 30.0. The number of halogens is 1. The molecule has 1 aromatic carbocycles. The molecule has 74 valence electrons. The Morgan fingerprint density at radius 3 is 2.71 bits per heavy atom. The van der Waals surface area contributed by atoms with E-state index in [9.17, 15) is 4.79 Å². The van der Waals surface area contributed by atoms with Crippen molar-refractivity contribution in [1.29, 1.82) is 0 Å². The fourth-order valence-electron chi connectivity index (χ4n) is 1.66. The van der Waals surface area contributed by atoms with Gasteiger partial charge >= 0.3 is 5.97 Å². The van der Waals surface area contributed by atoms with Crippen LogP contribution in [-0.4, -0.2) is 16.6 Å². The Bertz CT molecular complexity index is 393. The van der Waals surface area contributed by atoms with Crippen LogP contribution in [0.2, 0.25) is 0 Å². The Hall–Kier alpha value is -0.870. The van der Waals surface area contributed by atoms with Crippen LogP contribution in [0.15, 0.2) is 28.7 Å². The fourth-order valence-corrected chi connectivity index (χ4v) is 2.22. The van der Waals surface area contributed by atoms with Gasteiger partial charge in [0.2, 0.25) is 0 Å². The van der Waals surface area contributed by atoms with Crippen molar-refractivity contribution in [3.63, 3.8) is 0 Å². The maximum atomic E-state index is 10.8. The summed E-state index contributed by atoms with van der Waals surface area (Å²) in [4.78, 5) is 10.8. The highest BCUT2D eigenvalue weighted by molar-refractivity contribution is 9.10. The minimum absolute atomic E-state index is 0.0597. The first kappa shape index (κ1) is 9.68. The third-order valence-electron chi connectivity index (χ3n) is 2.68. The second-order valence-electron chi connectivity index (χ2n) is 3.62. The molecule has 0 aromatic heterocycles. The van der Waals surface area contributed by atoms with E-state index in [-0.39, 0.29) is 5.92 Å². The first-order valence-electron chi connectivity index (χ1n) is 4.32. The van der Waals surface area contributed by atoms with Crippen LogP contribution in [0, 0.1) is 0 Å². The van der Waals surface area contributed by atoms with Crippen molar-refractivity contribution in [3.05, 3.63) is 34.3 Å². The van der Waals surface area contributed by atoms with Crippen LogP contribution in [0.3, 0.4) is 0 Å². The summed E-state index contributed by atoms with van der Waals surface area (Å²) < 4.78 is 0.929. The van der Waals surface area contributed by atoms with Crippen molar-refractivity contribution >= 4 is 21.9 Å². The number of aliphatic carboxylic acids is 1. The molecule has 0 aliphatic heterocycles. The predicted molar refractivity (Wildman–Crippen MR) is 56.1 cm³/mol. The first-order valence-corrected chi connectivity index (χ1v) is 5.11. The Labute approximate surface area is 90.0 Å². The average Bonchev–Trinajstić information content (AvgIpc) is 2.80. The molecule has 1 saturated carbocycles. The zero-order valence-corrected chi connectivity index (χ0v) is 8.99. The maximum absolute atomic E-state index is 10.8. The van der Waals surface area contributed by atoms with Gasteiger partial charge in [-0.2, -0.15) is 0 Å². The molecule has 0 radical (unpaired) electrons. The highest BCUT2D eigenvalue weighted by Gasteiger charge is 2.58. The van der Waals surface area contributed by atoms with Gasteiger partial charge in [0, 0.05) is 10.4 Å². The summed E-state index contributed by atoms with van der Waals surface area (Å²) in [7, 11) is 0. The van der Waals surface area contributed by atoms with E-state index in [1.807, 2.05) is 24.3 Å². The lowest BCUT2D eigenvalue weighted by Gasteiger charge is -2.06. The van der Waals surface area contributed by atoms with Crippen LogP contribution < -0.4 is 5.73 Å². The van der Waals surface area contributed by atoms with Crippen molar-refractivity contribution < 1.29 is 9.90 Å². The number of carbonyl (C=O) groups is 1. The lowest BCUT2D eigenvalue weighted by atomic mass is 10.1. The first-order chi connectivity index (χ1) is 6.55. The SMILES string of the molecule is N[C@]1(C(=O)O)C[C@@H]1c1ccccc1Br. The van der Waals surface area contributed by atoms with Crippen molar-refractivity contribution in [3.8, 4) is 0 Å². The van der Waals surface area contributed by atoms with Gasteiger partial charge < -0.3 is 10.8 Å². The minimum atomic E-state index is -1.05. The zero-order valence-electron chi connectivity index (χ0n) is 7.40. The van der Waals surface area contributed by atoms with Crippen molar-refractivity contribution in [2.75, 3.05) is 0 Å². The van der Waals surface area contributed by atoms with Crippen LogP contribution in [0.5, 0.6) is 0 Å². The third-order valence-corrected chi connectivity index (χ3v) is 3.40. The summed E-state index contributed by atoms with van der Waals surface area (Å²) in [5.41, 5.74) is 5.65. The number of hydrogen-bond donors (Lipinski definition) is 2. The number of rotatable bonds is 2. The van der Waals surface area contributed by atoms with E-state index >= 15 is 0 Å². The summed E-state index contributed by atoms with van der Waals surface area (Å²) in [5.74, 6) is -0.978. The molecule has 0 amide bonds. The predicted octanol–water partition coefficient (Wildman–Crippen LogP) is 1.72. The molecule has 1 fully saturated rings. The Balaban J connectivity index is 2.29. The minimum Gasteiger partial charge on any atom is -0.480 e. The second kappa shape index (κ2) is 3.07. The molecule has 4 heteroatoms. The van der Waals surface area contributed by atoms with E-state index in [4.69, 9.17) is 10.8 Å². The van der Waals surface area contributed by atoms with Crippen molar-refractivity contribution in [2.24, 2.45) is 5.73 Å². The van der Waals surface area contributed by atoms with E-state index in [0.29, 0.717) is 6.42 Å². The monoisotopic (exact) mass is 255 g/mol. The molecule has 0 unspecified atom stereocenters. The summed E-state index contributed by atoms with van der Waals surface area (Å²) in [6.45, 7) is 0. The molecule has 3 N–H and O–H groups in total. The molecule has 0 saturated heterocycles. The lowest BCUT2D eigenvalue weighted by Crippen LogP contribution is -2.34. The van der Waals surface area contributed by atoms with E-state index in [1.165, 1.54) is 0 Å². The van der Waals surface area contributed by atoms with Crippen LogP contribution >= 0.6 is 15.9 Å². The molecule has 1 aliphatic rings. The molecule has 0 bridgehead atoms. The molecule has 2 atom stereocenters. The van der Waals surface area contributed by atoms with Gasteiger partial charge in [0.1, 0.15) is 5.54 Å². The zero-order chi connectivity index (χ0) is 10.3. The Morgan fingerprint density at radius 2 is 2.21 bits per heavy atom. The number of carboxylic acid groups (broad SMARTS) is 1. The number of hydrogen-bond acceptors (Lipinski definition) is 2. The second-order valence-corrected chi connectivity index (χ2v) is 4.48. The van der Waals surface area contributed by atoms with Crippen LogP contribution in [-0.2, 0) is 4.79 Å². The fraction of sp³-hybridized carbons (Fsp3) is 0.300. The standard InChI is InChI=1S/C10H10BrNO2/c11-8-4-2-1-3-6(8)7-5-10(7,12)9(13)14/h1-4,7H,5,12H2,(H,13,14)/t7-,10-/m1/s1. The largest absolute Gasteiger partial charge is 0.480 e. The van der Waals surface area contributed by atoms with Gasteiger partial charge in [0.25, 0.3) is 0 Å². The smallest absolute Gasteiger partial charge is 0.324 e. The highest BCUT2D eigenvalue weighted by Crippen LogP contribution is 2.51. The van der Waals surface area contributed by atoms with Gasteiger partial charge in [0.15, 0.2) is 0 Å². The summed E-state index contributed by atoms with van der Waals surface area (Å²) in [6, 6.07) is 7.60. The molecule has 1 aliphatic carbocycles. The molecular weight excluding hydrogens is 246 g/mol. The number of carboxylic acids is 1. The highest BCUT2D eigenvalue weighted by atomic mass is 79.9. The molecule has 14 heavy (non-hydrogen) atoms. The number of nitrogens with two attached hydrogens (primary N) is 1. The van der Waals surface area contributed by atoms with Gasteiger partial charge in [-0.1, -0.05) is 34.1 Å². The molecule has 0 spiro atoms.